The lowest BCUT2D eigenvalue weighted by atomic mass is 9.35. The molecule has 0 saturated carbocycles. The quantitative estimate of drug-likeness (QED) is 0.193. The zero-order valence-corrected chi connectivity index (χ0v) is 21.2. The molecule has 3 heterocycles. The maximum atomic E-state index is 6.51. The third kappa shape index (κ3) is 3.33. The van der Waals surface area contributed by atoms with Crippen LogP contribution < -0.4 is 25.9 Å². The Morgan fingerprint density at radius 2 is 1.00 bits per heavy atom. The van der Waals surface area contributed by atoms with E-state index in [0.29, 0.717) is 0 Å². The molecule has 4 heteroatoms. The van der Waals surface area contributed by atoms with E-state index in [9.17, 15) is 0 Å². The number of rotatable bonds is 1. The molecule has 2 aliphatic heterocycles. The molecule has 38 heavy (non-hydrogen) atoms. The van der Waals surface area contributed by atoms with E-state index >= 15 is 0 Å². The molecular weight excluding hydrogens is 465 g/mol. The van der Waals surface area contributed by atoms with Crippen molar-refractivity contribution in [1.29, 1.82) is 0 Å². The molecule has 1 aromatic heterocycles. The molecule has 0 bridgehead atoms. The van der Waals surface area contributed by atoms with E-state index in [1.807, 2.05) is 26.0 Å². The zero-order chi connectivity index (χ0) is 25.6. The van der Waals surface area contributed by atoms with Crippen molar-refractivity contribution in [2.24, 2.45) is 0 Å². The number of benzene rings is 5. The van der Waals surface area contributed by atoms with Crippen molar-refractivity contribution in [3.05, 3.63) is 109 Å². The molecule has 6 aromatic rings. The van der Waals surface area contributed by atoms with Gasteiger partial charge in [0.2, 0.25) is 0 Å². The predicted octanol–water partition coefficient (Wildman–Crippen LogP) is 6.54. The van der Waals surface area contributed by atoms with Crippen molar-refractivity contribution in [1.82, 2.24) is 4.57 Å². The van der Waals surface area contributed by atoms with Crippen molar-refractivity contribution in [3.8, 4) is 40.5 Å². The standard InChI is InChI=1S/C30H18BNO2.C4H6/c1-5-13-24-20(9-1)21-10-2-6-14-25(21)32(24)19-17-28-30-29(18-19)34-27-16-8-4-12-23(27)31(30)22-11-3-7-15-26(22)33-28;1-3-4-2/h1-18H;1-2H3. The highest BCUT2D eigenvalue weighted by Gasteiger charge is 2.40. The second-order valence-electron chi connectivity index (χ2n) is 9.44. The van der Waals surface area contributed by atoms with E-state index in [2.05, 4.69) is 113 Å². The van der Waals surface area contributed by atoms with E-state index in [1.54, 1.807) is 0 Å². The minimum absolute atomic E-state index is 0.0899. The fourth-order valence-electron chi connectivity index (χ4n) is 5.71. The first-order valence-corrected chi connectivity index (χ1v) is 12.8. The van der Waals surface area contributed by atoms with E-state index < -0.39 is 0 Å². The van der Waals surface area contributed by atoms with Gasteiger partial charge in [-0.05, 0) is 49.0 Å². The highest BCUT2D eigenvalue weighted by atomic mass is 16.5. The Morgan fingerprint density at radius 1 is 0.553 bits per heavy atom. The third-order valence-corrected chi connectivity index (χ3v) is 7.37. The molecule has 0 N–H and O–H groups in total. The summed E-state index contributed by atoms with van der Waals surface area (Å²) in [6, 6.07) is 38.1. The molecule has 8 rings (SSSR count). The molecule has 0 saturated heterocycles. The summed E-state index contributed by atoms with van der Waals surface area (Å²) >= 11 is 0. The van der Waals surface area contributed by atoms with Crippen LogP contribution in [0.1, 0.15) is 13.8 Å². The van der Waals surface area contributed by atoms with Crippen LogP contribution in [0.5, 0.6) is 23.0 Å². The van der Waals surface area contributed by atoms with Gasteiger partial charge in [-0.25, -0.2) is 0 Å². The van der Waals surface area contributed by atoms with Crippen LogP contribution >= 0.6 is 0 Å². The van der Waals surface area contributed by atoms with Crippen molar-refractivity contribution >= 4 is 44.9 Å². The van der Waals surface area contributed by atoms with Crippen LogP contribution in [0.25, 0.3) is 27.5 Å². The van der Waals surface area contributed by atoms with Gasteiger partial charge in [0.1, 0.15) is 23.0 Å². The van der Waals surface area contributed by atoms with Crippen molar-refractivity contribution in [2.75, 3.05) is 0 Å². The molecule has 0 spiro atoms. The zero-order valence-electron chi connectivity index (χ0n) is 21.2. The molecule has 3 nitrogen and oxygen atoms in total. The second-order valence-corrected chi connectivity index (χ2v) is 9.44. The molecule has 0 fully saturated rings. The van der Waals surface area contributed by atoms with Crippen LogP contribution in [0.15, 0.2) is 109 Å². The Balaban J connectivity index is 0.000000569. The van der Waals surface area contributed by atoms with Crippen molar-refractivity contribution in [2.45, 2.75) is 13.8 Å². The first-order valence-electron chi connectivity index (χ1n) is 12.8. The maximum absolute atomic E-state index is 6.51. The fraction of sp³-hybridized carbons (Fsp3) is 0.0588. The molecule has 0 aliphatic carbocycles. The van der Waals surface area contributed by atoms with E-state index in [-0.39, 0.29) is 6.71 Å². The monoisotopic (exact) mass is 489 g/mol. The number of hydrogen-bond acceptors (Lipinski definition) is 2. The molecule has 2 aliphatic rings. The van der Waals surface area contributed by atoms with Gasteiger partial charge in [0.05, 0.1) is 16.7 Å². The summed E-state index contributed by atoms with van der Waals surface area (Å²) in [6.07, 6.45) is 0. The number of aromatic nitrogens is 1. The lowest BCUT2D eigenvalue weighted by molar-refractivity contribution is 0.464. The Labute approximate surface area is 222 Å². The van der Waals surface area contributed by atoms with Crippen LogP contribution in [-0.4, -0.2) is 11.3 Å². The first-order chi connectivity index (χ1) is 18.8. The predicted molar refractivity (Wildman–Crippen MR) is 158 cm³/mol. The normalized spacial score (nSPS) is 12.1. The fourth-order valence-corrected chi connectivity index (χ4v) is 5.71. The summed E-state index contributed by atoms with van der Waals surface area (Å²) in [4.78, 5) is 0. The first kappa shape index (κ1) is 22.3. The van der Waals surface area contributed by atoms with Gasteiger partial charge in [-0.15, -0.1) is 11.8 Å². The van der Waals surface area contributed by atoms with Gasteiger partial charge in [0.15, 0.2) is 0 Å². The van der Waals surface area contributed by atoms with Crippen LogP contribution in [0.3, 0.4) is 0 Å². The summed E-state index contributed by atoms with van der Waals surface area (Å²) in [5.41, 5.74) is 6.82. The highest BCUT2D eigenvalue weighted by Crippen LogP contribution is 2.39. The molecular formula is C34H24BNO2. The minimum Gasteiger partial charge on any atom is -0.458 e. The third-order valence-electron chi connectivity index (χ3n) is 7.37. The molecule has 180 valence electrons. The average molecular weight is 489 g/mol. The lowest BCUT2D eigenvalue weighted by Crippen LogP contribution is -2.57. The summed E-state index contributed by atoms with van der Waals surface area (Å²) in [7, 11) is 0. The lowest BCUT2D eigenvalue weighted by Gasteiger charge is -2.33. The van der Waals surface area contributed by atoms with E-state index in [0.717, 1.165) is 34.1 Å². The summed E-state index contributed by atoms with van der Waals surface area (Å²) < 4.78 is 15.3. The Kier molecular flexibility index (Phi) is 5.23. The topological polar surface area (TPSA) is 23.4 Å². The molecule has 5 aromatic carbocycles. The van der Waals surface area contributed by atoms with Gasteiger partial charge in [-0.1, -0.05) is 72.8 Å². The summed E-state index contributed by atoms with van der Waals surface area (Å²) in [5.74, 6) is 8.88. The largest absolute Gasteiger partial charge is 0.458 e. The van der Waals surface area contributed by atoms with Gasteiger partial charge in [-0.3, -0.25) is 0 Å². The maximum Gasteiger partial charge on any atom is 0.260 e. The van der Waals surface area contributed by atoms with Gasteiger partial charge < -0.3 is 14.0 Å². The molecule has 0 atom stereocenters. The summed E-state index contributed by atoms with van der Waals surface area (Å²) in [6.45, 7) is 3.73. The number of nitrogens with zero attached hydrogens (tertiary/aromatic N) is 1. The van der Waals surface area contributed by atoms with Gasteiger partial charge in [0.25, 0.3) is 6.71 Å². The van der Waals surface area contributed by atoms with Gasteiger partial charge >= 0.3 is 0 Å². The molecule has 0 radical (unpaired) electrons. The minimum atomic E-state index is 0.0899. The average Bonchev–Trinajstić information content (AvgIpc) is 3.31. The second kappa shape index (κ2) is 8.90. The highest BCUT2D eigenvalue weighted by molar-refractivity contribution is 6.98. The summed E-state index contributed by atoms with van der Waals surface area (Å²) in [5, 5.41) is 2.47. The van der Waals surface area contributed by atoms with Crippen molar-refractivity contribution < 1.29 is 9.47 Å². The molecule has 0 amide bonds. The Hall–Kier alpha value is -4.88. The van der Waals surface area contributed by atoms with Crippen LogP contribution in [0.4, 0.5) is 0 Å². The number of hydrogen-bond donors (Lipinski definition) is 0. The Morgan fingerprint density at radius 3 is 1.50 bits per heavy atom. The smallest absolute Gasteiger partial charge is 0.260 e. The Bertz CT molecular complexity index is 1790. The van der Waals surface area contributed by atoms with Crippen LogP contribution in [-0.2, 0) is 0 Å². The van der Waals surface area contributed by atoms with Crippen LogP contribution in [0.2, 0.25) is 0 Å². The SMILES string of the molecule is CC#CC.c1ccc2c(c1)Oc1cc(-n3c4ccccc4c4ccccc43)cc3c1B2c1ccccc1O3. The van der Waals surface area contributed by atoms with Crippen LogP contribution in [0, 0.1) is 11.8 Å². The number of fused-ring (bicyclic) bond motifs is 7. The number of para-hydroxylation sites is 4. The van der Waals surface area contributed by atoms with Crippen molar-refractivity contribution in [3.63, 3.8) is 0 Å². The van der Waals surface area contributed by atoms with E-state index in [1.165, 1.54) is 32.7 Å². The number of ether oxygens (including phenoxy) is 2. The van der Waals surface area contributed by atoms with E-state index in [4.69, 9.17) is 9.47 Å². The van der Waals surface area contributed by atoms with Gasteiger partial charge in [-0.2, -0.15) is 0 Å². The van der Waals surface area contributed by atoms with Gasteiger partial charge in [0, 0.05) is 28.4 Å². The molecule has 0 unspecified atom stereocenters.